The lowest BCUT2D eigenvalue weighted by molar-refractivity contribution is -0.136. The molecule has 0 aromatic heterocycles. The van der Waals surface area contributed by atoms with Gasteiger partial charge in [-0.25, -0.2) is 0 Å². The molecule has 0 atom stereocenters. The summed E-state index contributed by atoms with van der Waals surface area (Å²) < 4.78 is 10.5. The summed E-state index contributed by atoms with van der Waals surface area (Å²) in [4.78, 5) is 22.2. The van der Waals surface area contributed by atoms with Crippen molar-refractivity contribution in [2.24, 2.45) is 0 Å². The summed E-state index contributed by atoms with van der Waals surface area (Å²) in [6, 6.07) is 2.94. The first-order chi connectivity index (χ1) is 9.49. The lowest BCUT2D eigenvalue weighted by Gasteiger charge is -2.13. The van der Waals surface area contributed by atoms with E-state index in [0.717, 1.165) is 0 Å². The third-order valence-electron chi connectivity index (χ3n) is 2.40. The third-order valence-corrected chi connectivity index (χ3v) is 2.69. The molecule has 0 aliphatic carbocycles. The molecule has 6 nitrogen and oxygen atoms in total. The fourth-order valence-corrected chi connectivity index (χ4v) is 1.79. The van der Waals surface area contributed by atoms with Crippen molar-refractivity contribution in [2.45, 2.75) is 13.3 Å². The Labute approximate surface area is 121 Å². The molecule has 0 aliphatic heterocycles. The number of rotatable bonds is 7. The van der Waals surface area contributed by atoms with Crippen LogP contribution in [0.25, 0.3) is 0 Å². The quantitative estimate of drug-likeness (QED) is 0.804. The van der Waals surface area contributed by atoms with Crippen molar-refractivity contribution >= 4 is 23.5 Å². The van der Waals surface area contributed by atoms with Crippen molar-refractivity contribution in [3.63, 3.8) is 0 Å². The predicted octanol–water partition coefficient (Wildman–Crippen LogP) is 1.95. The number of amides is 1. The molecule has 110 valence electrons. The number of hydrogen-bond acceptors (Lipinski definition) is 4. The molecule has 0 spiro atoms. The largest absolute Gasteiger partial charge is 0.493 e. The highest BCUT2D eigenvalue weighted by Gasteiger charge is 2.15. The number of aliphatic carboxylic acids is 1. The number of hydrogen-bond donors (Lipinski definition) is 2. The van der Waals surface area contributed by atoms with Crippen molar-refractivity contribution in [1.82, 2.24) is 5.32 Å². The van der Waals surface area contributed by atoms with Crippen molar-refractivity contribution in [3.05, 3.63) is 22.7 Å². The lowest BCUT2D eigenvalue weighted by atomic mass is 10.2. The normalized spacial score (nSPS) is 9.95. The molecule has 20 heavy (non-hydrogen) atoms. The molecule has 0 saturated heterocycles. The Kier molecular flexibility index (Phi) is 6.11. The fourth-order valence-electron chi connectivity index (χ4n) is 1.52. The van der Waals surface area contributed by atoms with Gasteiger partial charge in [0.15, 0.2) is 11.5 Å². The van der Waals surface area contributed by atoms with Gasteiger partial charge in [-0.2, -0.15) is 0 Å². The van der Waals surface area contributed by atoms with Gasteiger partial charge >= 0.3 is 5.97 Å². The Morgan fingerprint density at radius 3 is 2.65 bits per heavy atom. The molecule has 1 amide bonds. The topological polar surface area (TPSA) is 84.9 Å². The van der Waals surface area contributed by atoms with E-state index in [-0.39, 0.29) is 23.6 Å². The van der Waals surface area contributed by atoms with Crippen LogP contribution in [0.2, 0.25) is 5.02 Å². The number of carboxylic acids is 1. The minimum atomic E-state index is -0.979. The van der Waals surface area contributed by atoms with E-state index in [2.05, 4.69) is 5.32 Å². The van der Waals surface area contributed by atoms with Gasteiger partial charge in [0.1, 0.15) is 0 Å². The Morgan fingerprint density at radius 1 is 1.40 bits per heavy atom. The van der Waals surface area contributed by atoms with Gasteiger partial charge in [0.05, 0.1) is 25.2 Å². The third kappa shape index (κ3) is 4.31. The molecule has 1 aromatic rings. The van der Waals surface area contributed by atoms with Crippen LogP contribution in [-0.4, -0.2) is 37.2 Å². The molecule has 0 heterocycles. The van der Waals surface area contributed by atoms with Crippen molar-refractivity contribution in [1.29, 1.82) is 0 Å². The number of carbonyl (C=O) groups excluding carboxylic acids is 1. The second-order valence-electron chi connectivity index (χ2n) is 3.82. The zero-order valence-corrected chi connectivity index (χ0v) is 12.0. The molecular weight excluding hydrogens is 286 g/mol. The summed E-state index contributed by atoms with van der Waals surface area (Å²) in [6.45, 7) is 2.27. The first-order valence-electron chi connectivity index (χ1n) is 5.99. The zero-order valence-electron chi connectivity index (χ0n) is 11.2. The van der Waals surface area contributed by atoms with Crippen LogP contribution in [0, 0.1) is 0 Å². The van der Waals surface area contributed by atoms with E-state index in [1.807, 2.05) is 6.92 Å². The van der Waals surface area contributed by atoms with Gasteiger partial charge in [-0.3, -0.25) is 9.59 Å². The highest BCUT2D eigenvalue weighted by molar-refractivity contribution is 6.32. The van der Waals surface area contributed by atoms with Gasteiger partial charge in [-0.05, 0) is 19.1 Å². The van der Waals surface area contributed by atoms with E-state index in [1.165, 1.54) is 19.2 Å². The lowest BCUT2D eigenvalue weighted by Crippen LogP contribution is -2.26. The average molecular weight is 302 g/mol. The van der Waals surface area contributed by atoms with Crippen LogP contribution < -0.4 is 14.8 Å². The summed E-state index contributed by atoms with van der Waals surface area (Å²) >= 11 is 6.04. The van der Waals surface area contributed by atoms with Gasteiger partial charge in [-0.15, -0.1) is 0 Å². The number of methoxy groups -OCH3 is 1. The summed E-state index contributed by atoms with van der Waals surface area (Å²) in [5.41, 5.74) is 0.278. The Hall–Kier alpha value is -1.95. The Morgan fingerprint density at radius 2 is 2.10 bits per heavy atom. The summed E-state index contributed by atoms with van der Waals surface area (Å²) in [5.74, 6) is -0.677. The molecular formula is C13H16ClNO5. The highest BCUT2D eigenvalue weighted by Crippen LogP contribution is 2.36. The van der Waals surface area contributed by atoms with Crippen LogP contribution in [0.4, 0.5) is 0 Å². The monoisotopic (exact) mass is 301 g/mol. The molecule has 2 N–H and O–H groups in total. The van der Waals surface area contributed by atoms with Crippen LogP contribution in [0.15, 0.2) is 12.1 Å². The smallest absolute Gasteiger partial charge is 0.305 e. The van der Waals surface area contributed by atoms with Crippen LogP contribution >= 0.6 is 11.6 Å². The molecule has 0 radical (unpaired) electrons. The number of benzene rings is 1. The molecule has 0 fully saturated rings. The number of carboxylic acid groups (broad SMARTS) is 1. The second kappa shape index (κ2) is 7.59. The number of halogens is 1. The highest BCUT2D eigenvalue weighted by atomic mass is 35.5. The van der Waals surface area contributed by atoms with Crippen molar-refractivity contribution in [3.8, 4) is 11.5 Å². The standard InChI is InChI=1S/C13H16ClNO5/c1-3-20-12-9(14)6-8(7-10(12)19-2)13(18)15-5-4-11(16)17/h6-7H,3-5H2,1-2H3,(H,15,18)(H,16,17). The first kappa shape index (κ1) is 16.1. The van der Waals surface area contributed by atoms with Gasteiger partial charge in [0, 0.05) is 12.1 Å². The maximum absolute atomic E-state index is 11.9. The summed E-state index contributed by atoms with van der Waals surface area (Å²) in [5, 5.41) is 11.3. The molecule has 1 aromatic carbocycles. The summed E-state index contributed by atoms with van der Waals surface area (Å²) in [7, 11) is 1.44. The van der Waals surface area contributed by atoms with Gasteiger partial charge in [0.25, 0.3) is 5.91 Å². The SMILES string of the molecule is CCOc1c(Cl)cc(C(=O)NCCC(=O)O)cc1OC. The molecule has 1 rings (SSSR count). The minimum absolute atomic E-state index is 0.0430. The van der Waals surface area contributed by atoms with E-state index in [4.69, 9.17) is 26.2 Å². The first-order valence-corrected chi connectivity index (χ1v) is 6.37. The molecule has 0 unspecified atom stereocenters. The van der Waals surface area contributed by atoms with E-state index in [0.29, 0.717) is 18.1 Å². The number of carbonyl (C=O) groups is 2. The minimum Gasteiger partial charge on any atom is -0.493 e. The van der Waals surface area contributed by atoms with E-state index >= 15 is 0 Å². The van der Waals surface area contributed by atoms with Gasteiger partial charge < -0.3 is 19.9 Å². The molecule has 0 saturated carbocycles. The second-order valence-corrected chi connectivity index (χ2v) is 4.23. The van der Waals surface area contributed by atoms with Crippen molar-refractivity contribution in [2.75, 3.05) is 20.3 Å². The van der Waals surface area contributed by atoms with Crippen LogP contribution in [0.5, 0.6) is 11.5 Å². The maximum atomic E-state index is 11.9. The number of ether oxygens (including phenoxy) is 2. The van der Waals surface area contributed by atoms with E-state index in [1.54, 1.807) is 0 Å². The van der Waals surface area contributed by atoms with E-state index in [9.17, 15) is 9.59 Å². The Bertz CT molecular complexity index is 504. The van der Waals surface area contributed by atoms with Crippen molar-refractivity contribution < 1.29 is 24.2 Å². The predicted molar refractivity (Wildman–Crippen MR) is 73.8 cm³/mol. The number of nitrogens with one attached hydrogen (secondary N) is 1. The fraction of sp³-hybridized carbons (Fsp3) is 0.385. The molecule has 0 aliphatic rings. The molecule has 7 heteroatoms. The van der Waals surface area contributed by atoms with Gasteiger partial charge in [0.2, 0.25) is 0 Å². The van der Waals surface area contributed by atoms with Gasteiger partial charge in [-0.1, -0.05) is 11.6 Å². The Balaban J connectivity index is 2.88. The maximum Gasteiger partial charge on any atom is 0.305 e. The van der Waals surface area contributed by atoms with Crippen LogP contribution in [-0.2, 0) is 4.79 Å². The average Bonchev–Trinajstić information content (AvgIpc) is 2.40. The van der Waals surface area contributed by atoms with Crippen LogP contribution in [0.3, 0.4) is 0 Å². The zero-order chi connectivity index (χ0) is 15.1. The summed E-state index contributed by atoms with van der Waals surface area (Å²) in [6.07, 6.45) is -0.145. The molecule has 0 bridgehead atoms. The van der Waals surface area contributed by atoms with E-state index < -0.39 is 11.9 Å². The van der Waals surface area contributed by atoms with Crippen LogP contribution in [0.1, 0.15) is 23.7 Å².